The highest BCUT2D eigenvalue weighted by Gasteiger charge is 2.35. The molecule has 1 aliphatic carbocycles. The number of amides is 2. The van der Waals surface area contributed by atoms with E-state index >= 15 is 0 Å². The van der Waals surface area contributed by atoms with Crippen molar-refractivity contribution in [3.8, 4) is 0 Å². The van der Waals surface area contributed by atoms with Gasteiger partial charge in [-0.2, -0.15) is 0 Å². The third-order valence-electron chi connectivity index (χ3n) is 5.94. The van der Waals surface area contributed by atoms with Crippen LogP contribution in [-0.2, 0) is 12.8 Å². The Morgan fingerprint density at radius 2 is 1.89 bits per heavy atom. The van der Waals surface area contributed by atoms with Crippen molar-refractivity contribution in [1.29, 1.82) is 0 Å². The number of fused-ring (bicyclic) bond motifs is 1. The summed E-state index contributed by atoms with van der Waals surface area (Å²) in [6.07, 6.45) is 3.79. The topological polar surface area (TPSA) is 72.2 Å². The first-order valence-corrected chi connectivity index (χ1v) is 10.9. The number of carbonyl (C=O) groups excluding carboxylic acids is 2. The predicted molar refractivity (Wildman–Crippen MR) is 117 cm³/mol. The Morgan fingerprint density at radius 3 is 2.46 bits per heavy atom. The van der Waals surface area contributed by atoms with Crippen LogP contribution in [0.3, 0.4) is 0 Å². The molecule has 1 aliphatic rings. The van der Waals surface area contributed by atoms with Crippen LogP contribution in [0.15, 0.2) is 18.2 Å². The van der Waals surface area contributed by atoms with E-state index in [0.717, 1.165) is 36.1 Å². The first kappa shape index (κ1) is 21.2. The highest BCUT2D eigenvalue weighted by molar-refractivity contribution is 7.17. The Labute approximate surface area is 179 Å². The molecule has 0 saturated heterocycles. The second kappa shape index (κ2) is 8.05. The zero-order chi connectivity index (χ0) is 20.6. The molecule has 7 heteroatoms. The molecular formula is C21H24Cl2N2O2S. The van der Waals surface area contributed by atoms with E-state index in [4.69, 9.17) is 28.9 Å². The molecule has 150 valence electrons. The van der Waals surface area contributed by atoms with E-state index in [1.807, 2.05) is 0 Å². The molecule has 2 aromatic rings. The van der Waals surface area contributed by atoms with Crippen LogP contribution in [0.5, 0.6) is 0 Å². The number of hydrogen-bond acceptors (Lipinski definition) is 3. The van der Waals surface area contributed by atoms with E-state index in [2.05, 4.69) is 26.1 Å². The summed E-state index contributed by atoms with van der Waals surface area (Å²) in [5.41, 5.74) is 7.48. The van der Waals surface area contributed by atoms with Gasteiger partial charge < -0.3 is 11.1 Å². The summed E-state index contributed by atoms with van der Waals surface area (Å²) in [5.74, 6) is -0.431. The quantitative estimate of drug-likeness (QED) is 0.605. The van der Waals surface area contributed by atoms with E-state index < -0.39 is 11.8 Å². The molecule has 2 amide bonds. The lowest BCUT2D eigenvalue weighted by atomic mass is 9.69. The third-order valence-corrected chi connectivity index (χ3v) is 7.74. The maximum Gasteiger partial charge on any atom is 0.259 e. The van der Waals surface area contributed by atoms with Gasteiger partial charge in [0.15, 0.2) is 0 Å². The minimum atomic E-state index is -0.522. The van der Waals surface area contributed by atoms with Crippen LogP contribution in [0.2, 0.25) is 10.0 Å². The van der Waals surface area contributed by atoms with Crippen LogP contribution in [0, 0.1) is 11.3 Å². The molecule has 3 N–H and O–H groups in total. The molecular weight excluding hydrogens is 415 g/mol. The van der Waals surface area contributed by atoms with Gasteiger partial charge >= 0.3 is 0 Å². The number of hydrogen-bond donors (Lipinski definition) is 2. The molecule has 1 aromatic heterocycles. The maximum atomic E-state index is 12.8. The highest BCUT2D eigenvalue weighted by atomic mass is 35.5. The standard InChI is InChI=1S/C21H24Cl2N2O2S/c1-4-21(2,3)11-8-9-12-15(10-11)28-20(16(12)18(24)26)25-19(27)17-13(22)6-5-7-14(17)23/h5-7,11H,4,8-10H2,1-3H3,(H2,24,26)(H,25,27). The Kier molecular flexibility index (Phi) is 6.08. The first-order chi connectivity index (χ1) is 13.2. The summed E-state index contributed by atoms with van der Waals surface area (Å²) < 4.78 is 0. The number of thiophene rings is 1. The fraction of sp³-hybridized carbons (Fsp3) is 0.429. The molecule has 0 bridgehead atoms. The largest absolute Gasteiger partial charge is 0.365 e. The van der Waals surface area contributed by atoms with Gasteiger partial charge in [-0.1, -0.05) is 56.5 Å². The number of rotatable bonds is 5. The van der Waals surface area contributed by atoms with Crippen LogP contribution in [0.1, 0.15) is 64.8 Å². The summed E-state index contributed by atoms with van der Waals surface area (Å²) >= 11 is 13.7. The number of halogens is 2. The van der Waals surface area contributed by atoms with Crippen molar-refractivity contribution in [2.24, 2.45) is 17.1 Å². The first-order valence-electron chi connectivity index (χ1n) is 9.35. The lowest BCUT2D eigenvalue weighted by Gasteiger charge is -2.36. The summed E-state index contributed by atoms with van der Waals surface area (Å²) in [4.78, 5) is 26.1. The van der Waals surface area contributed by atoms with Crippen molar-refractivity contribution in [3.63, 3.8) is 0 Å². The molecule has 4 nitrogen and oxygen atoms in total. The maximum absolute atomic E-state index is 12.8. The van der Waals surface area contributed by atoms with Crippen molar-refractivity contribution >= 4 is 51.4 Å². The van der Waals surface area contributed by atoms with E-state index in [9.17, 15) is 9.59 Å². The third kappa shape index (κ3) is 3.93. The lowest BCUT2D eigenvalue weighted by molar-refractivity contribution is 0.0999. The number of nitrogens with two attached hydrogens (primary N) is 1. The number of nitrogens with one attached hydrogen (secondary N) is 1. The van der Waals surface area contributed by atoms with Crippen LogP contribution >= 0.6 is 34.5 Å². The van der Waals surface area contributed by atoms with Gasteiger partial charge in [-0.25, -0.2) is 0 Å². The van der Waals surface area contributed by atoms with Gasteiger partial charge in [0.05, 0.1) is 21.2 Å². The second-order valence-corrected chi connectivity index (χ2v) is 9.82. The molecule has 1 aromatic carbocycles. The molecule has 1 atom stereocenters. The Hall–Kier alpha value is -1.56. The van der Waals surface area contributed by atoms with E-state index in [0.29, 0.717) is 16.5 Å². The van der Waals surface area contributed by atoms with Crippen molar-refractivity contribution in [3.05, 3.63) is 49.8 Å². The Balaban J connectivity index is 1.95. The zero-order valence-corrected chi connectivity index (χ0v) is 18.5. The number of primary amides is 1. The highest BCUT2D eigenvalue weighted by Crippen LogP contribution is 2.45. The molecule has 1 unspecified atom stereocenters. The average Bonchev–Trinajstić information content (AvgIpc) is 2.98. The summed E-state index contributed by atoms with van der Waals surface area (Å²) in [6, 6.07) is 4.89. The van der Waals surface area contributed by atoms with Crippen molar-refractivity contribution < 1.29 is 9.59 Å². The minimum absolute atomic E-state index is 0.192. The molecule has 0 aliphatic heterocycles. The number of anilines is 1. The number of benzene rings is 1. The molecule has 0 spiro atoms. The molecule has 28 heavy (non-hydrogen) atoms. The summed E-state index contributed by atoms with van der Waals surface area (Å²) in [6.45, 7) is 6.78. The average molecular weight is 439 g/mol. The fourth-order valence-corrected chi connectivity index (χ4v) is 5.67. The van der Waals surface area contributed by atoms with Crippen LogP contribution in [-0.4, -0.2) is 11.8 Å². The van der Waals surface area contributed by atoms with Gasteiger partial charge in [-0.05, 0) is 48.3 Å². The van der Waals surface area contributed by atoms with E-state index in [1.54, 1.807) is 18.2 Å². The number of carbonyl (C=O) groups is 2. The van der Waals surface area contributed by atoms with Gasteiger partial charge in [0.1, 0.15) is 5.00 Å². The van der Waals surface area contributed by atoms with Crippen molar-refractivity contribution in [2.45, 2.75) is 46.5 Å². The molecule has 1 heterocycles. The second-order valence-electron chi connectivity index (χ2n) is 7.90. The smallest absolute Gasteiger partial charge is 0.259 e. The molecule has 3 rings (SSSR count). The van der Waals surface area contributed by atoms with Gasteiger partial charge in [0.2, 0.25) is 0 Å². The van der Waals surface area contributed by atoms with E-state index in [-0.39, 0.29) is 21.0 Å². The molecule has 0 radical (unpaired) electrons. The summed E-state index contributed by atoms with van der Waals surface area (Å²) in [5, 5.41) is 3.83. The zero-order valence-electron chi connectivity index (χ0n) is 16.2. The Bertz CT molecular complexity index is 916. The monoisotopic (exact) mass is 438 g/mol. The van der Waals surface area contributed by atoms with Crippen LogP contribution < -0.4 is 11.1 Å². The Morgan fingerprint density at radius 1 is 1.25 bits per heavy atom. The normalized spacial score (nSPS) is 16.5. The SMILES string of the molecule is CCC(C)(C)C1CCc2c(sc(NC(=O)c3c(Cl)cccc3Cl)c2C(N)=O)C1. The van der Waals surface area contributed by atoms with Gasteiger partial charge in [-0.15, -0.1) is 11.3 Å². The van der Waals surface area contributed by atoms with Gasteiger partial charge in [0, 0.05) is 4.88 Å². The molecule has 0 saturated carbocycles. The minimum Gasteiger partial charge on any atom is -0.365 e. The van der Waals surface area contributed by atoms with Crippen molar-refractivity contribution in [1.82, 2.24) is 0 Å². The predicted octanol–water partition coefficient (Wildman–Crippen LogP) is 5.95. The van der Waals surface area contributed by atoms with Gasteiger partial charge in [-0.3, -0.25) is 9.59 Å². The fourth-order valence-electron chi connectivity index (χ4n) is 3.77. The lowest BCUT2D eigenvalue weighted by Crippen LogP contribution is -2.29. The van der Waals surface area contributed by atoms with Crippen molar-refractivity contribution in [2.75, 3.05) is 5.32 Å². The van der Waals surface area contributed by atoms with Crippen LogP contribution in [0.4, 0.5) is 5.00 Å². The van der Waals surface area contributed by atoms with E-state index in [1.165, 1.54) is 11.3 Å². The van der Waals surface area contributed by atoms with Gasteiger partial charge in [0.25, 0.3) is 11.8 Å². The molecule has 0 fully saturated rings. The van der Waals surface area contributed by atoms with Crippen LogP contribution in [0.25, 0.3) is 0 Å². The summed E-state index contributed by atoms with van der Waals surface area (Å²) in [7, 11) is 0.